The highest BCUT2D eigenvalue weighted by molar-refractivity contribution is 5.80. The number of carbonyl (C=O) groups is 1. The van der Waals surface area contributed by atoms with E-state index in [-0.39, 0.29) is 11.3 Å². The molecule has 2 unspecified atom stereocenters. The van der Waals surface area contributed by atoms with Gasteiger partial charge in [0.1, 0.15) is 0 Å². The number of likely N-dealkylation sites (tertiary alicyclic amines) is 1. The Labute approximate surface area is 124 Å². The van der Waals surface area contributed by atoms with E-state index in [1.54, 1.807) is 0 Å². The van der Waals surface area contributed by atoms with Crippen LogP contribution in [0.25, 0.3) is 0 Å². The summed E-state index contributed by atoms with van der Waals surface area (Å²) >= 11 is 0. The Kier molecular flexibility index (Phi) is 5.48. The molecule has 0 bridgehead atoms. The first-order valence-corrected chi connectivity index (χ1v) is 8.51. The third kappa shape index (κ3) is 3.55. The standard InChI is InChI=1S/C17H32N2O/c1-17(2)11-6-4-9-15(17)16(20)19-13-7-5-8-14(19)10-12-18-3/h14-15,18H,4-13H2,1-3H3. The van der Waals surface area contributed by atoms with Gasteiger partial charge >= 0.3 is 0 Å². The van der Waals surface area contributed by atoms with E-state index < -0.39 is 0 Å². The quantitative estimate of drug-likeness (QED) is 0.857. The largest absolute Gasteiger partial charge is 0.339 e. The molecule has 3 heteroatoms. The minimum absolute atomic E-state index is 0.195. The molecule has 2 rings (SSSR count). The molecular formula is C17H32N2O. The van der Waals surface area contributed by atoms with Crippen molar-refractivity contribution in [3.05, 3.63) is 0 Å². The summed E-state index contributed by atoms with van der Waals surface area (Å²) in [7, 11) is 2.00. The highest BCUT2D eigenvalue weighted by Crippen LogP contribution is 2.42. The fourth-order valence-corrected chi connectivity index (χ4v) is 4.05. The van der Waals surface area contributed by atoms with Gasteiger partial charge in [-0.1, -0.05) is 26.7 Å². The van der Waals surface area contributed by atoms with Crippen LogP contribution in [-0.2, 0) is 4.79 Å². The number of carbonyl (C=O) groups excluding carboxylic acids is 1. The summed E-state index contributed by atoms with van der Waals surface area (Å²) in [5.41, 5.74) is 0.195. The molecule has 1 saturated carbocycles. The Morgan fingerprint density at radius 1 is 1.20 bits per heavy atom. The average molecular weight is 280 g/mol. The van der Waals surface area contributed by atoms with Crippen LogP contribution in [0, 0.1) is 11.3 Å². The summed E-state index contributed by atoms with van der Waals surface area (Å²) in [5, 5.41) is 3.23. The SMILES string of the molecule is CNCCC1CCCCN1C(=O)C1CCCCC1(C)C. The predicted octanol–water partition coefficient (Wildman–Crippen LogP) is 3.19. The van der Waals surface area contributed by atoms with E-state index in [2.05, 4.69) is 24.1 Å². The van der Waals surface area contributed by atoms with Gasteiger partial charge in [0.15, 0.2) is 0 Å². The van der Waals surface area contributed by atoms with Gasteiger partial charge in [-0.3, -0.25) is 4.79 Å². The fourth-order valence-electron chi connectivity index (χ4n) is 4.05. The molecule has 1 saturated heterocycles. The molecule has 1 amide bonds. The Morgan fingerprint density at radius 2 is 1.95 bits per heavy atom. The summed E-state index contributed by atoms with van der Waals surface area (Å²) in [4.78, 5) is 15.3. The van der Waals surface area contributed by atoms with Crippen molar-refractivity contribution in [1.29, 1.82) is 0 Å². The molecule has 0 aromatic rings. The van der Waals surface area contributed by atoms with Crippen LogP contribution >= 0.6 is 0 Å². The zero-order valence-electron chi connectivity index (χ0n) is 13.6. The second kappa shape index (κ2) is 6.93. The van der Waals surface area contributed by atoms with E-state index in [0.29, 0.717) is 11.9 Å². The van der Waals surface area contributed by atoms with Crippen LogP contribution < -0.4 is 5.32 Å². The van der Waals surface area contributed by atoms with Crippen LogP contribution in [0.4, 0.5) is 0 Å². The molecule has 1 aliphatic carbocycles. The molecule has 0 radical (unpaired) electrons. The first kappa shape index (κ1) is 15.8. The van der Waals surface area contributed by atoms with Crippen molar-refractivity contribution in [2.45, 2.75) is 71.3 Å². The molecule has 2 aliphatic rings. The smallest absolute Gasteiger partial charge is 0.226 e. The van der Waals surface area contributed by atoms with Crippen LogP contribution in [0.1, 0.15) is 65.2 Å². The maximum Gasteiger partial charge on any atom is 0.226 e. The predicted molar refractivity (Wildman–Crippen MR) is 83.6 cm³/mol. The van der Waals surface area contributed by atoms with Gasteiger partial charge in [0, 0.05) is 18.5 Å². The van der Waals surface area contributed by atoms with Gasteiger partial charge in [0.2, 0.25) is 5.91 Å². The van der Waals surface area contributed by atoms with Crippen molar-refractivity contribution in [2.75, 3.05) is 20.1 Å². The van der Waals surface area contributed by atoms with Crippen molar-refractivity contribution in [3.63, 3.8) is 0 Å². The van der Waals surface area contributed by atoms with E-state index in [9.17, 15) is 4.79 Å². The van der Waals surface area contributed by atoms with Crippen LogP contribution in [-0.4, -0.2) is 37.0 Å². The van der Waals surface area contributed by atoms with Crippen LogP contribution in [0.5, 0.6) is 0 Å². The van der Waals surface area contributed by atoms with Gasteiger partial charge in [-0.2, -0.15) is 0 Å². The van der Waals surface area contributed by atoms with Crippen molar-refractivity contribution in [2.24, 2.45) is 11.3 Å². The number of amides is 1. The number of rotatable bonds is 4. The molecule has 0 aromatic heterocycles. The van der Waals surface area contributed by atoms with Gasteiger partial charge in [-0.15, -0.1) is 0 Å². The van der Waals surface area contributed by atoms with E-state index in [0.717, 1.165) is 25.9 Å². The van der Waals surface area contributed by atoms with Crippen molar-refractivity contribution in [1.82, 2.24) is 10.2 Å². The third-order valence-electron chi connectivity index (χ3n) is 5.44. The lowest BCUT2D eigenvalue weighted by Gasteiger charge is -2.44. The topological polar surface area (TPSA) is 32.3 Å². The fraction of sp³-hybridized carbons (Fsp3) is 0.941. The molecule has 0 aromatic carbocycles. The minimum atomic E-state index is 0.195. The van der Waals surface area contributed by atoms with Gasteiger partial charge in [0.25, 0.3) is 0 Å². The molecule has 2 atom stereocenters. The number of piperidine rings is 1. The Balaban J connectivity index is 2.04. The number of hydrogen-bond acceptors (Lipinski definition) is 2. The zero-order chi connectivity index (χ0) is 14.6. The lowest BCUT2D eigenvalue weighted by molar-refractivity contribution is -0.145. The second-order valence-electron chi connectivity index (χ2n) is 7.36. The van der Waals surface area contributed by atoms with Gasteiger partial charge in [-0.05, 0) is 57.5 Å². The van der Waals surface area contributed by atoms with E-state index in [1.807, 2.05) is 7.05 Å². The van der Waals surface area contributed by atoms with Gasteiger partial charge in [-0.25, -0.2) is 0 Å². The zero-order valence-corrected chi connectivity index (χ0v) is 13.6. The molecule has 0 spiro atoms. The first-order valence-electron chi connectivity index (χ1n) is 8.51. The second-order valence-corrected chi connectivity index (χ2v) is 7.36. The summed E-state index contributed by atoms with van der Waals surface area (Å²) in [5.74, 6) is 0.710. The van der Waals surface area contributed by atoms with Gasteiger partial charge < -0.3 is 10.2 Å². The Morgan fingerprint density at radius 3 is 2.65 bits per heavy atom. The van der Waals surface area contributed by atoms with Crippen LogP contribution in [0.3, 0.4) is 0 Å². The summed E-state index contributed by atoms with van der Waals surface area (Å²) in [6, 6.07) is 0.474. The van der Waals surface area contributed by atoms with Crippen LogP contribution in [0.2, 0.25) is 0 Å². The lowest BCUT2D eigenvalue weighted by Crippen LogP contribution is -2.50. The van der Waals surface area contributed by atoms with Crippen LogP contribution in [0.15, 0.2) is 0 Å². The summed E-state index contributed by atoms with van der Waals surface area (Å²) in [6.45, 7) is 6.59. The molecule has 3 nitrogen and oxygen atoms in total. The van der Waals surface area contributed by atoms with E-state index >= 15 is 0 Å². The average Bonchev–Trinajstić information content (AvgIpc) is 2.44. The lowest BCUT2D eigenvalue weighted by atomic mass is 9.68. The van der Waals surface area contributed by atoms with E-state index in [1.165, 1.54) is 38.5 Å². The maximum atomic E-state index is 13.0. The van der Waals surface area contributed by atoms with E-state index in [4.69, 9.17) is 0 Å². The first-order chi connectivity index (χ1) is 9.56. The molecular weight excluding hydrogens is 248 g/mol. The van der Waals surface area contributed by atoms with Crippen molar-refractivity contribution < 1.29 is 4.79 Å². The monoisotopic (exact) mass is 280 g/mol. The maximum absolute atomic E-state index is 13.0. The molecule has 1 N–H and O–H groups in total. The molecule has 116 valence electrons. The minimum Gasteiger partial charge on any atom is -0.339 e. The summed E-state index contributed by atoms with van der Waals surface area (Å²) < 4.78 is 0. The Bertz CT molecular complexity index is 327. The number of nitrogens with zero attached hydrogens (tertiary/aromatic N) is 1. The highest BCUT2D eigenvalue weighted by atomic mass is 16.2. The van der Waals surface area contributed by atoms with Crippen molar-refractivity contribution in [3.8, 4) is 0 Å². The Hall–Kier alpha value is -0.570. The molecule has 1 aliphatic heterocycles. The number of hydrogen-bond donors (Lipinski definition) is 1. The number of nitrogens with one attached hydrogen (secondary N) is 1. The molecule has 1 heterocycles. The third-order valence-corrected chi connectivity index (χ3v) is 5.44. The summed E-state index contributed by atoms with van der Waals surface area (Å²) in [6.07, 6.45) is 9.60. The van der Waals surface area contributed by atoms with Gasteiger partial charge in [0.05, 0.1) is 0 Å². The molecule has 20 heavy (non-hydrogen) atoms. The highest BCUT2D eigenvalue weighted by Gasteiger charge is 2.41. The van der Waals surface area contributed by atoms with Crippen molar-refractivity contribution >= 4 is 5.91 Å². The molecule has 2 fully saturated rings. The normalized spacial score (nSPS) is 30.2.